The van der Waals surface area contributed by atoms with Gasteiger partial charge in [0, 0.05) is 30.9 Å². The topological polar surface area (TPSA) is 41.0 Å². The van der Waals surface area contributed by atoms with Crippen molar-refractivity contribution in [2.75, 3.05) is 24.3 Å². The second-order valence-electron chi connectivity index (χ2n) is 4.93. The lowest BCUT2D eigenvalue weighted by molar-refractivity contribution is 1.13. The van der Waals surface area contributed by atoms with Crippen molar-refractivity contribution in [3.8, 4) is 0 Å². The van der Waals surface area contributed by atoms with Crippen LogP contribution in [0.1, 0.15) is 0 Å². The summed E-state index contributed by atoms with van der Waals surface area (Å²) in [6.07, 6.45) is 0. The van der Waals surface area contributed by atoms with Gasteiger partial charge in [-0.15, -0.1) is 0 Å². The van der Waals surface area contributed by atoms with Crippen LogP contribution in [0.5, 0.6) is 0 Å². The summed E-state index contributed by atoms with van der Waals surface area (Å²) in [7, 11) is 4.02. The van der Waals surface area contributed by atoms with E-state index in [1.807, 2.05) is 50.5 Å². The van der Waals surface area contributed by atoms with Crippen molar-refractivity contribution in [3.05, 3.63) is 53.8 Å². The van der Waals surface area contributed by atoms with Crippen LogP contribution in [0.4, 0.5) is 17.2 Å². The highest BCUT2D eigenvalue weighted by molar-refractivity contribution is 6.28. The van der Waals surface area contributed by atoms with Gasteiger partial charge in [0.15, 0.2) is 0 Å². The van der Waals surface area contributed by atoms with E-state index in [2.05, 4.69) is 32.3 Å². The fourth-order valence-electron chi connectivity index (χ4n) is 2.14. The van der Waals surface area contributed by atoms with Gasteiger partial charge in [0.25, 0.3) is 0 Å². The zero-order valence-electron chi connectivity index (χ0n) is 11.8. The first kappa shape index (κ1) is 13.6. The Morgan fingerprint density at radius 2 is 1.81 bits per heavy atom. The Morgan fingerprint density at radius 1 is 1.00 bits per heavy atom. The first-order chi connectivity index (χ1) is 10.1. The number of anilines is 3. The molecule has 1 aromatic heterocycles. The van der Waals surface area contributed by atoms with Crippen LogP contribution < -0.4 is 10.2 Å². The number of aromatic nitrogens is 2. The number of hydrogen-bond acceptors (Lipinski definition) is 4. The third-order valence-corrected chi connectivity index (χ3v) is 3.37. The maximum Gasteiger partial charge on any atom is 0.224 e. The van der Waals surface area contributed by atoms with Crippen molar-refractivity contribution >= 4 is 39.7 Å². The second kappa shape index (κ2) is 5.58. The highest BCUT2D eigenvalue weighted by atomic mass is 35.5. The van der Waals surface area contributed by atoms with Crippen molar-refractivity contribution < 1.29 is 0 Å². The molecule has 3 rings (SSSR count). The molecular weight excluding hydrogens is 284 g/mol. The van der Waals surface area contributed by atoms with Gasteiger partial charge >= 0.3 is 0 Å². The van der Waals surface area contributed by atoms with E-state index in [0.717, 1.165) is 22.3 Å². The van der Waals surface area contributed by atoms with Crippen molar-refractivity contribution in [1.82, 2.24) is 9.97 Å². The Morgan fingerprint density at radius 3 is 2.62 bits per heavy atom. The molecule has 1 heterocycles. The van der Waals surface area contributed by atoms with Gasteiger partial charge in [-0.25, -0.2) is 4.98 Å². The van der Waals surface area contributed by atoms with Crippen LogP contribution in [0.2, 0.25) is 5.28 Å². The molecule has 0 saturated carbocycles. The van der Waals surface area contributed by atoms with Crippen LogP contribution in [0.3, 0.4) is 0 Å². The van der Waals surface area contributed by atoms with Crippen LogP contribution in [0, 0.1) is 0 Å². The lowest BCUT2D eigenvalue weighted by atomic mass is 10.2. The SMILES string of the molecule is CN(C)c1cccc(Nc2nc(Cl)nc3ccccc23)c1. The van der Waals surface area contributed by atoms with Crippen LogP contribution in [0.15, 0.2) is 48.5 Å². The number of benzene rings is 2. The number of fused-ring (bicyclic) bond motifs is 1. The fourth-order valence-corrected chi connectivity index (χ4v) is 2.32. The molecule has 2 aromatic carbocycles. The summed E-state index contributed by atoms with van der Waals surface area (Å²) in [4.78, 5) is 10.6. The van der Waals surface area contributed by atoms with Crippen LogP contribution >= 0.6 is 11.6 Å². The predicted octanol–water partition coefficient (Wildman–Crippen LogP) is 4.09. The molecule has 4 nitrogen and oxygen atoms in total. The molecule has 0 aliphatic carbocycles. The minimum Gasteiger partial charge on any atom is -0.378 e. The molecule has 0 atom stereocenters. The Labute approximate surface area is 128 Å². The second-order valence-corrected chi connectivity index (χ2v) is 5.27. The smallest absolute Gasteiger partial charge is 0.224 e. The number of halogens is 1. The average Bonchev–Trinajstić information content (AvgIpc) is 2.47. The molecular formula is C16H15ClN4. The molecule has 0 fully saturated rings. The summed E-state index contributed by atoms with van der Waals surface area (Å²) < 4.78 is 0. The fraction of sp³-hybridized carbons (Fsp3) is 0.125. The summed E-state index contributed by atoms with van der Waals surface area (Å²) in [5, 5.41) is 4.50. The summed E-state index contributed by atoms with van der Waals surface area (Å²) >= 11 is 6.00. The minimum absolute atomic E-state index is 0.236. The van der Waals surface area contributed by atoms with Gasteiger partial charge in [0.2, 0.25) is 5.28 Å². The summed E-state index contributed by atoms with van der Waals surface area (Å²) in [5.74, 6) is 0.710. The van der Waals surface area contributed by atoms with Gasteiger partial charge in [0.05, 0.1) is 5.52 Å². The van der Waals surface area contributed by atoms with E-state index >= 15 is 0 Å². The largest absolute Gasteiger partial charge is 0.378 e. The number of nitrogens with one attached hydrogen (secondary N) is 1. The first-order valence-electron chi connectivity index (χ1n) is 6.60. The Hall–Kier alpha value is -2.33. The highest BCUT2D eigenvalue weighted by Crippen LogP contribution is 2.26. The molecule has 0 amide bonds. The molecule has 0 spiro atoms. The van der Waals surface area contributed by atoms with Crippen molar-refractivity contribution in [1.29, 1.82) is 0 Å². The summed E-state index contributed by atoms with van der Waals surface area (Å²) in [5.41, 5.74) is 2.90. The first-order valence-corrected chi connectivity index (χ1v) is 6.98. The average molecular weight is 299 g/mol. The Bertz CT molecular complexity index is 786. The van der Waals surface area contributed by atoms with E-state index in [1.165, 1.54) is 0 Å². The minimum atomic E-state index is 0.236. The normalized spacial score (nSPS) is 10.6. The van der Waals surface area contributed by atoms with E-state index in [-0.39, 0.29) is 5.28 Å². The molecule has 5 heteroatoms. The molecule has 21 heavy (non-hydrogen) atoms. The van der Waals surface area contributed by atoms with Crippen LogP contribution in [-0.4, -0.2) is 24.1 Å². The molecule has 0 bridgehead atoms. The van der Waals surface area contributed by atoms with Gasteiger partial charge in [-0.2, -0.15) is 4.98 Å². The number of hydrogen-bond donors (Lipinski definition) is 1. The Kier molecular flexibility index (Phi) is 3.62. The zero-order valence-corrected chi connectivity index (χ0v) is 12.6. The van der Waals surface area contributed by atoms with E-state index in [1.54, 1.807) is 0 Å². The van der Waals surface area contributed by atoms with E-state index in [4.69, 9.17) is 11.6 Å². The van der Waals surface area contributed by atoms with Gasteiger partial charge in [0.1, 0.15) is 5.82 Å². The van der Waals surface area contributed by atoms with Gasteiger partial charge in [-0.05, 0) is 41.9 Å². The maximum atomic E-state index is 6.00. The number of para-hydroxylation sites is 1. The number of rotatable bonds is 3. The van der Waals surface area contributed by atoms with E-state index in [0.29, 0.717) is 5.82 Å². The molecule has 0 unspecified atom stereocenters. The van der Waals surface area contributed by atoms with Crippen molar-refractivity contribution in [3.63, 3.8) is 0 Å². The van der Waals surface area contributed by atoms with Crippen molar-refractivity contribution in [2.24, 2.45) is 0 Å². The van der Waals surface area contributed by atoms with Gasteiger partial charge < -0.3 is 10.2 Å². The molecule has 1 N–H and O–H groups in total. The van der Waals surface area contributed by atoms with Gasteiger partial charge in [-0.1, -0.05) is 18.2 Å². The van der Waals surface area contributed by atoms with Gasteiger partial charge in [-0.3, -0.25) is 0 Å². The van der Waals surface area contributed by atoms with Crippen LogP contribution in [0.25, 0.3) is 10.9 Å². The van der Waals surface area contributed by atoms with Crippen LogP contribution in [-0.2, 0) is 0 Å². The predicted molar refractivity (Wildman–Crippen MR) is 88.6 cm³/mol. The van der Waals surface area contributed by atoms with E-state index in [9.17, 15) is 0 Å². The molecule has 0 aliphatic heterocycles. The summed E-state index contributed by atoms with van der Waals surface area (Å²) in [6, 6.07) is 15.9. The summed E-state index contributed by atoms with van der Waals surface area (Å²) in [6.45, 7) is 0. The molecule has 106 valence electrons. The lowest BCUT2D eigenvalue weighted by Crippen LogP contribution is -2.08. The quantitative estimate of drug-likeness (QED) is 0.739. The maximum absolute atomic E-state index is 6.00. The number of nitrogens with zero attached hydrogens (tertiary/aromatic N) is 3. The molecule has 0 saturated heterocycles. The molecule has 0 radical (unpaired) electrons. The monoisotopic (exact) mass is 298 g/mol. The Balaban J connectivity index is 2.03. The lowest BCUT2D eigenvalue weighted by Gasteiger charge is -2.15. The molecule has 0 aliphatic rings. The third kappa shape index (κ3) is 2.90. The van der Waals surface area contributed by atoms with Crippen molar-refractivity contribution in [2.45, 2.75) is 0 Å². The highest BCUT2D eigenvalue weighted by Gasteiger charge is 2.07. The molecule has 3 aromatic rings. The third-order valence-electron chi connectivity index (χ3n) is 3.20. The standard InChI is InChI=1S/C16H15ClN4/c1-21(2)12-7-5-6-11(10-12)18-15-13-8-3-4-9-14(13)19-16(17)20-15/h3-10H,1-2H3,(H,18,19,20). The zero-order chi connectivity index (χ0) is 14.8. The van der Waals surface area contributed by atoms with E-state index < -0.39 is 0 Å².